The Morgan fingerprint density at radius 1 is 1.05 bits per heavy atom. The number of benzene rings is 1. The van der Waals surface area contributed by atoms with Gasteiger partial charge in [0, 0.05) is 42.8 Å². The highest BCUT2D eigenvalue weighted by atomic mass is 16.6. The maximum atomic E-state index is 12.9. The lowest BCUT2D eigenvalue weighted by atomic mass is 9.53. The van der Waals surface area contributed by atoms with Gasteiger partial charge in [0.05, 0.1) is 0 Å². The third-order valence-corrected chi connectivity index (χ3v) is 10.1. The molecule has 3 aliphatic carbocycles. The van der Waals surface area contributed by atoms with Gasteiger partial charge in [0.1, 0.15) is 6.10 Å². The van der Waals surface area contributed by atoms with Crippen molar-refractivity contribution in [3.8, 4) is 11.5 Å². The highest BCUT2D eigenvalue weighted by molar-refractivity contribution is 6.73. The topological polar surface area (TPSA) is 94.2 Å². The fraction of sp³-hybridized carbons (Fsp3) is 0.656. The van der Waals surface area contributed by atoms with Gasteiger partial charge in [-0.15, -0.1) is 0 Å². The van der Waals surface area contributed by atoms with Crippen LogP contribution < -0.4 is 14.8 Å². The predicted molar refractivity (Wildman–Crippen MR) is 157 cm³/mol. The van der Waals surface area contributed by atoms with E-state index in [4.69, 9.17) is 14.2 Å². The number of nitrogens with one attached hydrogen (secondary N) is 1. The Morgan fingerprint density at radius 3 is 2.54 bits per heavy atom. The highest BCUT2D eigenvalue weighted by Crippen LogP contribution is 2.63. The zero-order chi connectivity index (χ0) is 28.6. The summed E-state index contributed by atoms with van der Waals surface area (Å²) in [6.45, 7) is 4.57. The van der Waals surface area contributed by atoms with E-state index in [0.29, 0.717) is 24.8 Å². The van der Waals surface area contributed by atoms with Crippen molar-refractivity contribution in [1.29, 1.82) is 0 Å². The first kappa shape index (κ1) is 28.3. The second kappa shape index (κ2) is 11.8. The number of hydrogen-bond acceptors (Lipinski definition) is 7. The number of likely N-dealkylation sites (tertiary alicyclic amines) is 1. The lowest BCUT2D eigenvalue weighted by molar-refractivity contribution is -0.152. The average Bonchev–Trinajstić information content (AvgIpc) is 3.33. The minimum absolute atomic E-state index is 0.182. The van der Waals surface area contributed by atoms with Gasteiger partial charge in [-0.2, -0.15) is 0 Å². The van der Waals surface area contributed by atoms with Crippen LogP contribution in [0.3, 0.4) is 0 Å². The summed E-state index contributed by atoms with van der Waals surface area (Å²) in [6, 6.07) is 4.49. The molecule has 1 unspecified atom stereocenters. The van der Waals surface area contributed by atoms with E-state index in [9.17, 15) is 14.4 Å². The fourth-order valence-corrected chi connectivity index (χ4v) is 8.43. The molecule has 6 rings (SSSR count). The Balaban J connectivity index is 1.17. The van der Waals surface area contributed by atoms with Crippen molar-refractivity contribution in [2.75, 3.05) is 13.1 Å². The van der Waals surface area contributed by atoms with Crippen LogP contribution in [0.25, 0.3) is 0 Å². The summed E-state index contributed by atoms with van der Waals surface area (Å²) in [5, 5.41) is 3.34. The number of carbonyl (C=O) groups is 3. The number of rotatable bonds is 7. The Kier molecular flexibility index (Phi) is 8.17. The van der Waals surface area contributed by atoms with E-state index in [2.05, 4.69) is 22.4 Å². The molecule has 1 saturated carbocycles. The minimum Gasteiger partial charge on any atom is -0.481 e. The van der Waals surface area contributed by atoms with Crippen molar-refractivity contribution in [3.63, 3.8) is 0 Å². The Morgan fingerprint density at radius 2 is 1.80 bits per heavy atom. The third kappa shape index (κ3) is 5.42. The number of hydrogen-bond donors (Lipinski definition) is 1. The summed E-state index contributed by atoms with van der Waals surface area (Å²) >= 11 is 0. The molecule has 1 N–H and O–H groups in total. The predicted octanol–water partition coefficient (Wildman–Crippen LogP) is 4.43. The molecular weight excluding hydrogens is 519 g/mol. The number of esters is 2. The maximum absolute atomic E-state index is 12.9. The van der Waals surface area contributed by atoms with Crippen LogP contribution >= 0.6 is 0 Å². The standard InChI is InChI=1S/C32H43BN2O6/c1-20(36)39-26-13-11-22-19-25-24-12-14-27(40-21(2)37)30-32(24,28(22)29(26)41-30)15-17-35(25)18-16-33-31(38)34-23-9-7-5-3-4-6-8-10-23/h11-14,23-25,27,30,33H,3-10,15-19H2,1-2H3,(H,34,38)/t24-,25?,27-,30-,32-/m0/s1. The summed E-state index contributed by atoms with van der Waals surface area (Å²) in [6.07, 6.45) is 15.7. The van der Waals surface area contributed by atoms with Crippen LogP contribution in [-0.2, 0) is 26.2 Å². The molecule has 1 saturated heterocycles. The second-order valence-electron chi connectivity index (χ2n) is 12.7. The number of ether oxygens (including phenoxy) is 3. The van der Waals surface area contributed by atoms with Gasteiger partial charge in [0.2, 0.25) is 7.28 Å². The number of carbonyl (C=O) groups excluding carboxylic acids is 3. The molecule has 1 amide bonds. The Bertz CT molecular complexity index is 1210. The number of amides is 1. The lowest BCUT2D eigenvalue weighted by Crippen LogP contribution is -2.66. The first-order valence-electron chi connectivity index (χ1n) is 15.8. The quantitative estimate of drug-likeness (QED) is 0.228. The summed E-state index contributed by atoms with van der Waals surface area (Å²) in [7, 11) is 0.554. The number of nitrogens with zero attached hydrogens (tertiary/aromatic N) is 1. The SMILES string of the molecule is CC(=O)Oc1ccc2c3c1O[C@H]1[C@@H](OC(C)=O)C=C[C@H]4C(C2)N(CCBC(=O)NC2CCCCCCCC2)CC[C@@]341. The molecule has 2 heterocycles. The molecule has 0 radical (unpaired) electrons. The van der Waals surface area contributed by atoms with Crippen LogP contribution in [0.1, 0.15) is 82.8 Å². The van der Waals surface area contributed by atoms with E-state index < -0.39 is 6.10 Å². The molecule has 0 aromatic heterocycles. The molecule has 1 aromatic rings. The van der Waals surface area contributed by atoms with Crippen molar-refractivity contribution >= 4 is 25.0 Å². The molecule has 1 spiro atoms. The highest BCUT2D eigenvalue weighted by Gasteiger charge is 2.65. The smallest absolute Gasteiger partial charge is 0.308 e. The molecular formula is C32H43BN2O6. The van der Waals surface area contributed by atoms with E-state index >= 15 is 0 Å². The largest absolute Gasteiger partial charge is 0.481 e. The summed E-state index contributed by atoms with van der Waals surface area (Å²) in [5.74, 6) is 0.704. The van der Waals surface area contributed by atoms with Gasteiger partial charge in [0.15, 0.2) is 23.4 Å². The summed E-state index contributed by atoms with van der Waals surface area (Å²) in [4.78, 5) is 39.3. The van der Waals surface area contributed by atoms with E-state index in [1.165, 1.54) is 57.9 Å². The van der Waals surface area contributed by atoms with Gasteiger partial charge in [-0.05, 0) is 56.5 Å². The van der Waals surface area contributed by atoms with Crippen LogP contribution in [0.2, 0.25) is 6.32 Å². The van der Waals surface area contributed by atoms with Crippen molar-refractivity contribution < 1.29 is 28.6 Å². The first-order chi connectivity index (χ1) is 19.9. The van der Waals surface area contributed by atoms with Crippen molar-refractivity contribution in [1.82, 2.24) is 10.2 Å². The van der Waals surface area contributed by atoms with Crippen LogP contribution in [0.5, 0.6) is 11.5 Å². The first-order valence-corrected chi connectivity index (χ1v) is 15.8. The van der Waals surface area contributed by atoms with Crippen molar-refractivity contribution in [2.24, 2.45) is 5.92 Å². The van der Waals surface area contributed by atoms with Gasteiger partial charge in [-0.25, -0.2) is 0 Å². The Hall–Kier alpha value is -2.81. The molecule has 5 aliphatic rings. The molecule has 41 heavy (non-hydrogen) atoms. The van der Waals surface area contributed by atoms with Gasteiger partial charge >= 0.3 is 11.9 Å². The molecule has 2 aliphatic heterocycles. The molecule has 220 valence electrons. The van der Waals surface area contributed by atoms with Gasteiger partial charge in [0.25, 0.3) is 0 Å². The minimum atomic E-state index is -0.499. The van der Waals surface area contributed by atoms with E-state index in [-0.39, 0.29) is 41.2 Å². The van der Waals surface area contributed by atoms with Crippen molar-refractivity contribution in [3.05, 3.63) is 35.4 Å². The zero-order valence-corrected chi connectivity index (χ0v) is 24.5. The summed E-state index contributed by atoms with van der Waals surface area (Å²) < 4.78 is 17.9. The Labute approximate surface area is 243 Å². The second-order valence-corrected chi connectivity index (χ2v) is 12.7. The van der Waals surface area contributed by atoms with Crippen LogP contribution in [0, 0.1) is 5.92 Å². The molecule has 1 aromatic carbocycles. The monoisotopic (exact) mass is 562 g/mol. The average molecular weight is 563 g/mol. The zero-order valence-electron chi connectivity index (χ0n) is 24.5. The van der Waals surface area contributed by atoms with Crippen LogP contribution in [0.4, 0.5) is 4.79 Å². The molecule has 8 nitrogen and oxygen atoms in total. The lowest BCUT2D eigenvalue weighted by Gasteiger charge is -2.57. The van der Waals surface area contributed by atoms with Gasteiger partial charge in [-0.3, -0.25) is 14.4 Å². The molecule has 2 bridgehead atoms. The molecule has 5 atom stereocenters. The normalized spacial score (nSPS) is 30.6. The van der Waals surface area contributed by atoms with E-state index in [1.54, 1.807) is 0 Å². The van der Waals surface area contributed by atoms with Crippen molar-refractivity contribution in [2.45, 2.75) is 114 Å². The van der Waals surface area contributed by atoms with E-state index in [1.807, 2.05) is 12.1 Å². The third-order valence-electron chi connectivity index (χ3n) is 10.1. The van der Waals surface area contributed by atoms with Crippen LogP contribution in [-0.4, -0.2) is 67.3 Å². The molecule has 9 heteroatoms. The fourth-order valence-electron chi connectivity index (χ4n) is 8.43. The van der Waals surface area contributed by atoms with Crippen LogP contribution in [0.15, 0.2) is 24.3 Å². The van der Waals surface area contributed by atoms with E-state index in [0.717, 1.165) is 50.7 Å². The van der Waals surface area contributed by atoms with Gasteiger partial charge < -0.3 is 24.4 Å². The maximum Gasteiger partial charge on any atom is 0.308 e. The number of piperidine rings is 1. The summed E-state index contributed by atoms with van der Waals surface area (Å²) in [5.41, 5.74) is 1.99. The van der Waals surface area contributed by atoms with Gasteiger partial charge in [-0.1, -0.05) is 57.0 Å². The molecule has 2 fully saturated rings.